The van der Waals surface area contributed by atoms with Gasteiger partial charge in [0.05, 0.1) is 0 Å². The zero-order valence-corrected chi connectivity index (χ0v) is 12.1. The molecule has 0 aliphatic carbocycles. The monoisotopic (exact) mass is 274 g/mol. The van der Waals surface area contributed by atoms with Crippen LogP contribution in [-0.2, 0) is 6.61 Å². The van der Waals surface area contributed by atoms with Crippen molar-refractivity contribution in [2.45, 2.75) is 13.5 Å². The van der Waals surface area contributed by atoms with Gasteiger partial charge < -0.3 is 4.74 Å². The first-order chi connectivity index (χ1) is 10.3. The molecule has 0 aromatic heterocycles. The normalized spacial score (nSPS) is 10.3. The van der Waals surface area contributed by atoms with Crippen molar-refractivity contribution in [1.29, 1.82) is 0 Å². The van der Waals surface area contributed by atoms with Crippen molar-refractivity contribution in [3.63, 3.8) is 0 Å². The predicted molar refractivity (Wildman–Crippen MR) is 87.4 cm³/mol. The van der Waals surface area contributed by atoms with Crippen molar-refractivity contribution in [3.8, 4) is 16.9 Å². The maximum atomic E-state index is 5.87. The Labute approximate surface area is 125 Å². The highest BCUT2D eigenvalue weighted by Gasteiger charge is 2.00. The average molecular weight is 274 g/mol. The number of hydrogen-bond acceptors (Lipinski definition) is 1. The van der Waals surface area contributed by atoms with E-state index in [2.05, 4.69) is 61.5 Å². The molecule has 0 bridgehead atoms. The lowest BCUT2D eigenvalue weighted by atomic mass is 10.0. The van der Waals surface area contributed by atoms with Gasteiger partial charge in [-0.25, -0.2) is 0 Å². The fraction of sp³-hybridized carbons (Fsp3) is 0.100. The molecule has 0 saturated heterocycles. The van der Waals surface area contributed by atoms with Crippen LogP contribution in [0.5, 0.6) is 5.75 Å². The molecule has 0 radical (unpaired) electrons. The summed E-state index contributed by atoms with van der Waals surface area (Å²) < 4.78 is 5.87. The highest BCUT2D eigenvalue weighted by Crippen LogP contribution is 2.21. The Morgan fingerprint density at radius 2 is 1.29 bits per heavy atom. The summed E-state index contributed by atoms with van der Waals surface area (Å²) in [4.78, 5) is 0. The number of hydrogen-bond donors (Lipinski definition) is 0. The Morgan fingerprint density at radius 3 is 2.00 bits per heavy atom. The lowest BCUT2D eigenvalue weighted by Crippen LogP contribution is -1.96. The fourth-order valence-electron chi connectivity index (χ4n) is 2.30. The lowest BCUT2D eigenvalue weighted by molar-refractivity contribution is 0.304. The van der Waals surface area contributed by atoms with Crippen molar-refractivity contribution in [2.75, 3.05) is 0 Å². The summed E-state index contributed by atoms with van der Waals surface area (Å²) in [6.45, 7) is 2.66. The molecule has 21 heavy (non-hydrogen) atoms. The molecule has 1 heteroatoms. The first kappa shape index (κ1) is 13.4. The molecule has 3 aromatic rings. The third-order valence-electron chi connectivity index (χ3n) is 3.55. The lowest BCUT2D eigenvalue weighted by Gasteiger charge is -2.09. The molecule has 0 aliphatic heterocycles. The largest absolute Gasteiger partial charge is 0.489 e. The van der Waals surface area contributed by atoms with Gasteiger partial charge >= 0.3 is 0 Å². The summed E-state index contributed by atoms with van der Waals surface area (Å²) >= 11 is 0. The number of para-hydroxylation sites is 1. The molecular formula is C20H18O. The number of ether oxygens (including phenoxy) is 1. The third-order valence-corrected chi connectivity index (χ3v) is 3.55. The fourth-order valence-corrected chi connectivity index (χ4v) is 2.30. The van der Waals surface area contributed by atoms with Gasteiger partial charge in [0.15, 0.2) is 0 Å². The van der Waals surface area contributed by atoms with Crippen LogP contribution < -0.4 is 4.74 Å². The van der Waals surface area contributed by atoms with Crippen LogP contribution in [-0.4, -0.2) is 0 Å². The maximum Gasteiger partial charge on any atom is 0.122 e. The minimum Gasteiger partial charge on any atom is -0.489 e. The highest BCUT2D eigenvalue weighted by molar-refractivity contribution is 5.63. The zero-order valence-electron chi connectivity index (χ0n) is 12.1. The van der Waals surface area contributed by atoms with Gasteiger partial charge in [0.2, 0.25) is 0 Å². The van der Waals surface area contributed by atoms with E-state index in [1.165, 1.54) is 22.3 Å². The molecule has 0 atom stereocenters. The molecule has 0 fully saturated rings. The van der Waals surface area contributed by atoms with E-state index in [1.807, 2.05) is 24.3 Å². The van der Waals surface area contributed by atoms with Crippen molar-refractivity contribution >= 4 is 0 Å². The van der Waals surface area contributed by atoms with E-state index in [9.17, 15) is 0 Å². The quantitative estimate of drug-likeness (QED) is 0.632. The van der Waals surface area contributed by atoms with E-state index in [0.717, 1.165) is 5.75 Å². The van der Waals surface area contributed by atoms with Crippen LogP contribution in [0.2, 0.25) is 0 Å². The third kappa shape index (κ3) is 3.32. The summed E-state index contributed by atoms with van der Waals surface area (Å²) in [5.74, 6) is 0.949. The molecule has 3 aromatic carbocycles. The zero-order chi connectivity index (χ0) is 14.5. The van der Waals surface area contributed by atoms with Crippen molar-refractivity contribution in [1.82, 2.24) is 0 Å². The molecule has 0 amide bonds. The Balaban J connectivity index is 1.69. The Bertz CT molecular complexity index is 699. The second-order valence-corrected chi connectivity index (χ2v) is 5.12. The second-order valence-electron chi connectivity index (χ2n) is 5.12. The predicted octanol–water partition coefficient (Wildman–Crippen LogP) is 5.24. The number of aryl methyl sites for hydroxylation is 1. The van der Waals surface area contributed by atoms with Gasteiger partial charge in [-0.15, -0.1) is 0 Å². The van der Waals surface area contributed by atoms with Crippen LogP contribution in [0.25, 0.3) is 11.1 Å². The summed E-state index contributed by atoms with van der Waals surface area (Å²) in [7, 11) is 0. The van der Waals surface area contributed by atoms with Crippen molar-refractivity contribution < 1.29 is 4.74 Å². The van der Waals surface area contributed by atoms with E-state index in [4.69, 9.17) is 4.74 Å². The van der Waals surface area contributed by atoms with Crippen LogP contribution in [0.1, 0.15) is 11.1 Å². The number of rotatable bonds is 4. The van der Waals surface area contributed by atoms with Gasteiger partial charge in [-0.3, -0.25) is 0 Å². The second kappa shape index (κ2) is 6.27. The van der Waals surface area contributed by atoms with Crippen LogP contribution >= 0.6 is 0 Å². The van der Waals surface area contributed by atoms with Gasteiger partial charge in [-0.05, 0) is 35.2 Å². The van der Waals surface area contributed by atoms with Crippen LogP contribution in [0, 0.1) is 6.92 Å². The molecule has 0 N–H and O–H groups in total. The average Bonchev–Trinajstić information content (AvgIpc) is 2.55. The van der Waals surface area contributed by atoms with Crippen molar-refractivity contribution in [3.05, 3.63) is 90.0 Å². The molecule has 3 rings (SSSR count). The Kier molecular flexibility index (Phi) is 4.02. The highest BCUT2D eigenvalue weighted by atomic mass is 16.5. The van der Waals surface area contributed by atoms with Gasteiger partial charge in [0, 0.05) is 0 Å². The topological polar surface area (TPSA) is 9.23 Å². The maximum absolute atomic E-state index is 5.87. The van der Waals surface area contributed by atoms with Crippen LogP contribution in [0.15, 0.2) is 78.9 Å². The van der Waals surface area contributed by atoms with Crippen LogP contribution in [0.4, 0.5) is 0 Å². The summed E-state index contributed by atoms with van der Waals surface area (Å²) in [5.41, 5.74) is 4.82. The molecule has 0 saturated carbocycles. The molecular weight excluding hydrogens is 256 g/mol. The Morgan fingerprint density at radius 1 is 0.667 bits per heavy atom. The van der Waals surface area contributed by atoms with E-state index in [-0.39, 0.29) is 0 Å². The summed E-state index contributed by atoms with van der Waals surface area (Å²) in [5, 5.41) is 0. The number of benzene rings is 3. The minimum absolute atomic E-state index is 0.597. The first-order valence-electron chi connectivity index (χ1n) is 7.16. The van der Waals surface area contributed by atoms with Gasteiger partial charge in [-0.2, -0.15) is 0 Å². The van der Waals surface area contributed by atoms with Gasteiger partial charge in [0.25, 0.3) is 0 Å². The standard InChI is InChI=1S/C20H18O/c1-16-7-5-6-10-20(16)21-15-17-11-13-19(14-12-17)18-8-3-2-4-9-18/h2-14H,15H2,1H3. The summed E-state index contributed by atoms with van der Waals surface area (Å²) in [6.07, 6.45) is 0. The molecule has 1 nitrogen and oxygen atoms in total. The van der Waals surface area contributed by atoms with E-state index in [1.54, 1.807) is 0 Å². The smallest absolute Gasteiger partial charge is 0.122 e. The molecule has 0 heterocycles. The van der Waals surface area contributed by atoms with Gasteiger partial charge in [-0.1, -0.05) is 72.8 Å². The SMILES string of the molecule is Cc1ccccc1OCc1ccc(-c2ccccc2)cc1. The Hall–Kier alpha value is -2.54. The molecule has 0 spiro atoms. The van der Waals surface area contributed by atoms with E-state index >= 15 is 0 Å². The van der Waals surface area contributed by atoms with Gasteiger partial charge in [0.1, 0.15) is 12.4 Å². The first-order valence-corrected chi connectivity index (χ1v) is 7.16. The molecule has 104 valence electrons. The van der Waals surface area contributed by atoms with Crippen molar-refractivity contribution in [2.24, 2.45) is 0 Å². The summed E-state index contributed by atoms with van der Waals surface area (Å²) in [6, 6.07) is 27.0. The van der Waals surface area contributed by atoms with E-state index < -0.39 is 0 Å². The van der Waals surface area contributed by atoms with E-state index in [0.29, 0.717) is 6.61 Å². The van der Waals surface area contributed by atoms with Crippen LogP contribution in [0.3, 0.4) is 0 Å². The minimum atomic E-state index is 0.597. The molecule has 0 aliphatic rings. The molecule has 0 unspecified atom stereocenters.